The lowest BCUT2D eigenvalue weighted by molar-refractivity contribution is -0.161. The van der Waals surface area contributed by atoms with Gasteiger partial charge in [0.15, 0.2) is 6.10 Å². The number of unbranched alkanes of at least 4 members (excludes halogenated alkanes) is 11. The third-order valence-corrected chi connectivity index (χ3v) is 10.9. The molecule has 4 unspecified atom stereocenters. The van der Waals surface area contributed by atoms with Gasteiger partial charge < -0.3 is 34.0 Å². The molecule has 0 aliphatic carbocycles. The highest BCUT2D eigenvalue weighted by molar-refractivity contribution is 7.47. The van der Waals surface area contributed by atoms with Crippen molar-refractivity contribution in [2.24, 2.45) is 5.92 Å². The maximum Gasteiger partial charge on any atom is 0.472 e. The van der Waals surface area contributed by atoms with Crippen molar-refractivity contribution in [1.82, 2.24) is 0 Å². The molecule has 0 aromatic carbocycles. The van der Waals surface area contributed by atoms with Crippen LogP contribution in [0.2, 0.25) is 0 Å². The van der Waals surface area contributed by atoms with Crippen molar-refractivity contribution in [3.05, 3.63) is 36.5 Å². The third-order valence-electron chi connectivity index (χ3n) is 9.46. The molecular formula is C41H74O14P2. The zero-order valence-corrected chi connectivity index (χ0v) is 36.6. The summed E-state index contributed by atoms with van der Waals surface area (Å²) in [5.41, 5.74) is 0. The number of ether oxygens (including phenoxy) is 3. The molecular weight excluding hydrogens is 778 g/mol. The summed E-state index contributed by atoms with van der Waals surface area (Å²) >= 11 is 0. The summed E-state index contributed by atoms with van der Waals surface area (Å²) in [6.45, 7) is 3.94. The molecule has 4 N–H and O–H groups in total. The van der Waals surface area contributed by atoms with Crippen LogP contribution >= 0.6 is 15.6 Å². The molecule has 0 radical (unpaired) electrons. The van der Waals surface area contributed by atoms with Gasteiger partial charge in [0.25, 0.3) is 0 Å². The zero-order valence-electron chi connectivity index (χ0n) is 34.8. The van der Waals surface area contributed by atoms with Gasteiger partial charge in [0, 0.05) is 12.8 Å². The predicted octanol–water partition coefficient (Wildman–Crippen LogP) is 9.35. The van der Waals surface area contributed by atoms with Crippen molar-refractivity contribution in [2.75, 3.05) is 26.4 Å². The lowest BCUT2D eigenvalue weighted by Gasteiger charge is -2.20. The molecule has 0 spiro atoms. The number of hydrogen-bond donors (Lipinski definition) is 4. The normalized spacial score (nSPS) is 18.6. The summed E-state index contributed by atoms with van der Waals surface area (Å²) in [7, 11) is -9.69. The molecule has 0 saturated carbocycles. The number of phosphoric ester groups is 2. The van der Waals surface area contributed by atoms with Crippen molar-refractivity contribution >= 4 is 27.6 Å². The van der Waals surface area contributed by atoms with Crippen LogP contribution in [0.15, 0.2) is 36.5 Å². The van der Waals surface area contributed by atoms with Crippen LogP contribution in [-0.2, 0) is 46.5 Å². The second-order valence-corrected chi connectivity index (χ2v) is 17.6. The fourth-order valence-electron chi connectivity index (χ4n) is 5.71. The molecule has 1 saturated heterocycles. The van der Waals surface area contributed by atoms with Crippen LogP contribution in [0.1, 0.15) is 156 Å². The number of phosphoric acid groups is 2. The summed E-state index contributed by atoms with van der Waals surface area (Å²) in [5, 5.41) is 9.73. The molecule has 332 valence electrons. The van der Waals surface area contributed by atoms with E-state index in [2.05, 4.69) is 54.1 Å². The first-order chi connectivity index (χ1) is 27.2. The van der Waals surface area contributed by atoms with E-state index in [9.17, 15) is 28.7 Å². The third kappa shape index (κ3) is 33.8. The standard InChI is InChI=1S/C41H74O14P2/c1-4-6-7-8-17-22-27-38-39(55-38)28-23-18-13-11-15-19-24-29-40(43)50-33-37(34-53-57(48,49)52-32-36(42)31-51-56(45,46)47)54-41(44)30-25-20-14-10-9-12-16-21-26-35(3)5-2/h11,15,17-18,22-23,35-39,42H,4-10,12-14,16,19-21,24-34H2,1-3H3,(H,48,49)(H2,45,46,47)/b15-11-,22-17-,23-18-/t35?,36-,37+,38?,39?/m0/s1. The minimum atomic E-state index is -4.87. The van der Waals surface area contributed by atoms with Crippen molar-refractivity contribution in [1.29, 1.82) is 0 Å². The van der Waals surface area contributed by atoms with E-state index in [0.29, 0.717) is 31.5 Å². The predicted molar refractivity (Wildman–Crippen MR) is 220 cm³/mol. The van der Waals surface area contributed by atoms with Crippen molar-refractivity contribution in [3.63, 3.8) is 0 Å². The molecule has 0 aromatic rings. The first-order valence-electron chi connectivity index (χ1n) is 21.2. The first kappa shape index (κ1) is 53.3. The number of allylic oxidation sites excluding steroid dienone is 4. The molecule has 1 heterocycles. The lowest BCUT2D eigenvalue weighted by atomic mass is 9.99. The molecule has 1 fully saturated rings. The fraction of sp³-hybridized carbons (Fsp3) is 0.805. The highest BCUT2D eigenvalue weighted by atomic mass is 31.2. The van der Waals surface area contributed by atoms with Gasteiger partial charge in [-0.1, -0.05) is 128 Å². The van der Waals surface area contributed by atoms with Crippen LogP contribution in [0.25, 0.3) is 0 Å². The number of esters is 2. The van der Waals surface area contributed by atoms with Crippen LogP contribution in [0.5, 0.6) is 0 Å². The van der Waals surface area contributed by atoms with E-state index in [1.54, 1.807) is 0 Å². The number of epoxide rings is 1. The van der Waals surface area contributed by atoms with E-state index < -0.39 is 66.2 Å². The van der Waals surface area contributed by atoms with Crippen LogP contribution in [0.4, 0.5) is 0 Å². The summed E-state index contributed by atoms with van der Waals surface area (Å²) in [6, 6.07) is 0. The van der Waals surface area contributed by atoms with Gasteiger partial charge in [-0.2, -0.15) is 0 Å². The van der Waals surface area contributed by atoms with Gasteiger partial charge in [0.05, 0.1) is 32.0 Å². The van der Waals surface area contributed by atoms with Crippen LogP contribution in [0.3, 0.4) is 0 Å². The number of rotatable bonds is 38. The van der Waals surface area contributed by atoms with Gasteiger partial charge in [0.2, 0.25) is 0 Å². The molecule has 16 heteroatoms. The van der Waals surface area contributed by atoms with Gasteiger partial charge in [-0.15, -0.1) is 0 Å². The highest BCUT2D eigenvalue weighted by Gasteiger charge is 2.36. The van der Waals surface area contributed by atoms with E-state index in [4.69, 9.17) is 28.5 Å². The molecule has 0 aromatic heterocycles. The molecule has 0 amide bonds. The Morgan fingerprint density at radius 1 is 0.667 bits per heavy atom. The van der Waals surface area contributed by atoms with E-state index in [1.165, 1.54) is 51.4 Å². The molecule has 1 rings (SSSR count). The van der Waals surface area contributed by atoms with Gasteiger partial charge in [-0.05, 0) is 57.3 Å². The van der Waals surface area contributed by atoms with Gasteiger partial charge in [0.1, 0.15) is 12.7 Å². The van der Waals surface area contributed by atoms with Crippen molar-refractivity contribution in [3.8, 4) is 0 Å². The molecule has 0 bridgehead atoms. The van der Waals surface area contributed by atoms with Gasteiger partial charge >= 0.3 is 27.6 Å². The Morgan fingerprint density at radius 2 is 1.23 bits per heavy atom. The zero-order chi connectivity index (χ0) is 42.2. The molecule has 57 heavy (non-hydrogen) atoms. The van der Waals surface area contributed by atoms with Crippen LogP contribution < -0.4 is 0 Å². The SMILES string of the molecule is CCCCC/C=C\CC1OC1C/C=C\C/C=C\CCCC(=O)OC[C@H](COP(=O)(O)OC[C@@H](O)COP(=O)(O)O)OC(=O)CCCCCCCCCCC(C)CC. The maximum absolute atomic E-state index is 12.6. The van der Waals surface area contributed by atoms with E-state index in [0.717, 1.165) is 57.3 Å². The van der Waals surface area contributed by atoms with E-state index in [-0.39, 0.29) is 12.8 Å². The van der Waals surface area contributed by atoms with Gasteiger partial charge in [-0.25, -0.2) is 9.13 Å². The van der Waals surface area contributed by atoms with Crippen LogP contribution in [0, 0.1) is 5.92 Å². The Labute approximate surface area is 342 Å². The number of aliphatic hydroxyl groups is 1. The maximum atomic E-state index is 12.6. The lowest BCUT2D eigenvalue weighted by Crippen LogP contribution is -2.30. The molecule has 14 nitrogen and oxygen atoms in total. The number of aliphatic hydroxyl groups excluding tert-OH is 1. The Morgan fingerprint density at radius 3 is 1.89 bits per heavy atom. The number of hydrogen-bond acceptors (Lipinski definition) is 11. The minimum absolute atomic E-state index is 0.114. The molecule has 1 aliphatic rings. The molecule has 1 aliphatic heterocycles. The van der Waals surface area contributed by atoms with Gasteiger partial charge in [-0.3, -0.25) is 23.2 Å². The average molecular weight is 853 g/mol. The minimum Gasteiger partial charge on any atom is -0.462 e. The highest BCUT2D eigenvalue weighted by Crippen LogP contribution is 2.44. The Bertz CT molecular complexity index is 1240. The first-order valence-corrected chi connectivity index (χ1v) is 24.2. The summed E-state index contributed by atoms with van der Waals surface area (Å²) in [4.78, 5) is 52.6. The number of carbonyl (C=O) groups excluding carboxylic acids is 2. The second-order valence-electron chi connectivity index (χ2n) is 14.9. The molecule has 6 atom stereocenters. The summed E-state index contributed by atoms with van der Waals surface area (Å²) < 4.78 is 53.4. The summed E-state index contributed by atoms with van der Waals surface area (Å²) in [6.07, 6.45) is 30.4. The number of carbonyl (C=O) groups is 2. The topological polar surface area (TPSA) is 208 Å². The monoisotopic (exact) mass is 852 g/mol. The second kappa shape index (κ2) is 33.1. The quantitative estimate of drug-likeness (QED) is 0.0150. The van der Waals surface area contributed by atoms with Crippen molar-refractivity contribution < 1.29 is 66.3 Å². The van der Waals surface area contributed by atoms with E-state index >= 15 is 0 Å². The van der Waals surface area contributed by atoms with Crippen molar-refractivity contribution in [2.45, 2.75) is 180 Å². The Kier molecular flexibility index (Phi) is 30.9. The largest absolute Gasteiger partial charge is 0.472 e. The Balaban J connectivity index is 2.41. The summed E-state index contributed by atoms with van der Waals surface area (Å²) in [5.74, 6) is -0.322. The van der Waals surface area contributed by atoms with E-state index in [1.807, 2.05) is 12.2 Å². The average Bonchev–Trinajstić information content (AvgIpc) is 3.92. The smallest absolute Gasteiger partial charge is 0.462 e. The van der Waals surface area contributed by atoms with Crippen LogP contribution in [-0.4, -0.2) is 82.6 Å². The fourth-order valence-corrected chi connectivity index (χ4v) is 6.87. The Hall–Kier alpha value is -1.70.